The van der Waals surface area contributed by atoms with Crippen molar-refractivity contribution in [1.82, 2.24) is 19.9 Å². The number of fused-ring (bicyclic) bond motifs is 1. The lowest BCUT2D eigenvalue weighted by Gasteiger charge is -2.32. The van der Waals surface area contributed by atoms with Gasteiger partial charge in [-0.2, -0.15) is 13.2 Å². The molecule has 1 saturated heterocycles. The smallest absolute Gasteiger partial charge is 0.475 e. The van der Waals surface area contributed by atoms with Gasteiger partial charge in [-0.25, -0.2) is 14.8 Å². The van der Waals surface area contributed by atoms with E-state index in [1.54, 1.807) is 11.1 Å². The van der Waals surface area contributed by atoms with E-state index in [-0.39, 0.29) is 23.6 Å². The van der Waals surface area contributed by atoms with Gasteiger partial charge in [-0.1, -0.05) is 0 Å². The van der Waals surface area contributed by atoms with Gasteiger partial charge in [0.25, 0.3) is 5.91 Å². The number of pyridine rings is 1. The van der Waals surface area contributed by atoms with Crippen LogP contribution in [0.15, 0.2) is 36.5 Å². The number of carbonyl (C=O) groups is 2. The topological polar surface area (TPSA) is 134 Å². The number of amides is 1. The number of nitrogens with zero attached hydrogens (tertiary/aromatic N) is 3. The van der Waals surface area contributed by atoms with Gasteiger partial charge >= 0.3 is 18.5 Å². The van der Waals surface area contributed by atoms with Crippen LogP contribution in [0.2, 0.25) is 0 Å². The number of aromatic nitrogens is 3. The van der Waals surface area contributed by atoms with Crippen LogP contribution in [0.3, 0.4) is 0 Å². The van der Waals surface area contributed by atoms with Crippen LogP contribution in [0.5, 0.6) is 5.75 Å². The Morgan fingerprint density at radius 3 is 2.12 bits per heavy atom. The van der Waals surface area contributed by atoms with Crippen LogP contribution in [0.4, 0.5) is 26.3 Å². The monoisotopic (exact) mass is 573 g/mol. The number of nitrogens with one attached hydrogen (secondary N) is 1. The van der Waals surface area contributed by atoms with Crippen molar-refractivity contribution in [3.05, 3.63) is 53.5 Å². The minimum Gasteiger partial charge on any atom is -0.475 e. The number of aliphatic carboxylic acids is 1. The van der Waals surface area contributed by atoms with E-state index in [0.717, 1.165) is 54.7 Å². The minimum absolute atomic E-state index is 0.197. The summed E-state index contributed by atoms with van der Waals surface area (Å²) < 4.78 is 72.6. The lowest BCUT2D eigenvalue weighted by atomic mass is 9.80. The summed E-state index contributed by atoms with van der Waals surface area (Å²) in [5.74, 6) is -1.74. The number of H-pyrrole nitrogens is 1. The predicted molar refractivity (Wildman–Crippen MR) is 129 cm³/mol. The van der Waals surface area contributed by atoms with Gasteiger partial charge in [-0.15, -0.1) is 13.2 Å². The van der Waals surface area contributed by atoms with Crippen LogP contribution in [0, 0.1) is 0 Å². The number of aromatic amines is 1. The quantitative estimate of drug-likeness (QED) is 0.385. The molecule has 1 amide bonds. The van der Waals surface area contributed by atoms with Crippen molar-refractivity contribution in [3.63, 3.8) is 0 Å². The Morgan fingerprint density at radius 2 is 1.60 bits per heavy atom. The molecule has 1 aliphatic heterocycles. The molecular weight excluding hydrogens is 548 g/mol. The van der Waals surface area contributed by atoms with Crippen molar-refractivity contribution >= 4 is 23.0 Å². The number of rotatable bonds is 4. The molecular formula is C25H25F6N5O4. The molecule has 0 atom stereocenters. The fourth-order valence-electron chi connectivity index (χ4n) is 4.74. The van der Waals surface area contributed by atoms with E-state index >= 15 is 0 Å². The van der Waals surface area contributed by atoms with Crippen LogP contribution < -0.4 is 10.5 Å². The van der Waals surface area contributed by atoms with Crippen LogP contribution >= 0.6 is 0 Å². The molecule has 9 nitrogen and oxygen atoms in total. The van der Waals surface area contributed by atoms with Crippen LogP contribution in [0.25, 0.3) is 11.2 Å². The largest absolute Gasteiger partial charge is 0.573 e. The summed E-state index contributed by atoms with van der Waals surface area (Å²) in [6.45, 7) is 1.12. The molecule has 2 aromatic heterocycles. The van der Waals surface area contributed by atoms with Crippen molar-refractivity contribution in [2.24, 2.45) is 5.73 Å². The summed E-state index contributed by atoms with van der Waals surface area (Å²) in [5, 5.41) is 7.12. The van der Waals surface area contributed by atoms with Gasteiger partial charge in [0.15, 0.2) is 5.65 Å². The summed E-state index contributed by atoms with van der Waals surface area (Å²) in [4.78, 5) is 36.0. The number of piperidine rings is 1. The highest BCUT2D eigenvalue weighted by Gasteiger charge is 2.38. The number of imidazole rings is 1. The summed E-state index contributed by atoms with van der Waals surface area (Å²) in [5.41, 5.74) is 9.08. The molecule has 5 rings (SSSR count). The number of halogens is 6. The highest BCUT2D eigenvalue weighted by molar-refractivity contribution is 5.94. The van der Waals surface area contributed by atoms with E-state index in [1.807, 2.05) is 6.07 Å². The maximum atomic E-state index is 12.8. The average molecular weight is 573 g/mol. The third-order valence-electron chi connectivity index (χ3n) is 6.80. The molecule has 4 N–H and O–H groups in total. The maximum absolute atomic E-state index is 12.8. The van der Waals surface area contributed by atoms with E-state index in [0.29, 0.717) is 30.2 Å². The number of benzene rings is 1. The van der Waals surface area contributed by atoms with E-state index in [4.69, 9.17) is 15.6 Å². The zero-order chi connectivity index (χ0) is 29.2. The number of alkyl halides is 6. The number of carboxylic acid groups (broad SMARTS) is 1. The van der Waals surface area contributed by atoms with Gasteiger partial charge in [0.05, 0.1) is 5.52 Å². The fraction of sp³-hybridized carbons (Fsp3) is 0.440. The Balaban J connectivity index is 0.000000470. The fourth-order valence-corrected chi connectivity index (χ4v) is 4.74. The molecule has 0 radical (unpaired) electrons. The summed E-state index contributed by atoms with van der Waals surface area (Å²) in [6, 6.07) is 7.29. The Kier molecular flexibility index (Phi) is 8.23. The number of nitrogens with two attached hydrogens (primary N) is 1. The van der Waals surface area contributed by atoms with E-state index in [9.17, 15) is 31.1 Å². The highest BCUT2D eigenvalue weighted by Crippen LogP contribution is 2.37. The SMILES string of the molecule is NC1CC(c2nc3nccc(C4CCN(C(=O)c5ccc(OC(F)(F)F)cc5)CC4)c3[nH]2)C1.O=C(O)C(F)(F)F. The second kappa shape index (κ2) is 11.3. The second-order valence-corrected chi connectivity index (χ2v) is 9.59. The van der Waals surface area contributed by atoms with Gasteiger partial charge in [-0.3, -0.25) is 4.79 Å². The molecule has 1 aromatic carbocycles. The van der Waals surface area contributed by atoms with Crippen LogP contribution in [0.1, 0.15) is 59.3 Å². The van der Waals surface area contributed by atoms with Crippen LogP contribution in [-0.2, 0) is 4.79 Å². The third-order valence-corrected chi connectivity index (χ3v) is 6.80. The third kappa shape index (κ3) is 7.00. The average Bonchev–Trinajstić information content (AvgIpc) is 3.30. The second-order valence-electron chi connectivity index (χ2n) is 9.59. The van der Waals surface area contributed by atoms with Crippen molar-refractivity contribution in [1.29, 1.82) is 0 Å². The first-order chi connectivity index (χ1) is 18.7. The molecule has 1 aliphatic carbocycles. The standard InChI is InChI=1S/C23H24F3N5O2.C2HF3O2/c24-23(25,26)33-17-3-1-14(2-4-17)22(32)31-9-6-13(7-10-31)18-5-8-28-21-19(18)29-20(30-21)15-11-16(27)12-15;3-2(4,5)1(6)7/h1-5,8,13,15-16H,6-7,9-12,27H2,(H,28,29,30);(H,6,7). The molecule has 2 fully saturated rings. The number of hydrogen-bond donors (Lipinski definition) is 3. The Labute approximate surface area is 223 Å². The summed E-state index contributed by atoms with van der Waals surface area (Å²) in [7, 11) is 0. The molecule has 1 saturated carbocycles. The maximum Gasteiger partial charge on any atom is 0.573 e. The summed E-state index contributed by atoms with van der Waals surface area (Å²) in [6.07, 6.45) is -4.65. The van der Waals surface area contributed by atoms with Crippen molar-refractivity contribution in [2.75, 3.05) is 13.1 Å². The van der Waals surface area contributed by atoms with E-state index < -0.39 is 18.5 Å². The zero-order valence-electron chi connectivity index (χ0n) is 20.8. The molecule has 216 valence electrons. The number of hydrogen-bond acceptors (Lipinski definition) is 6. The number of carboxylic acids is 1. The van der Waals surface area contributed by atoms with Crippen molar-refractivity contribution in [2.45, 2.75) is 56.1 Å². The minimum atomic E-state index is -5.08. The molecule has 40 heavy (non-hydrogen) atoms. The van der Waals surface area contributed by atoms with E-state index in [2.05, 4.69) is 19.7 Å². The van der Waals surface area contributed by atoms with Gasteiger partial charge in [0.1, 0.15) is 11.6 Å². The lowest BCUT2D eigenvalue weighted by molar-refractivity contribution is -0.274. The number of likely N-dealkylation sites (tertiary alicyclic amines) is 1. The first-order valence-corrected chi connectivity index (χ1v) is 12.3. The van der Waals surface area contributed by atoms with Crippen LogP contribution in [-0.4, -0.2) is 68.5 Å². The molecule has 15 heteroatoms. The van der Waals surface area contributed by atoms with Gasteiger partial charge < -0.3 is 25.5 Å². The Bertz CT molecular complexity index is 1340. The molecule has 3 heterocycles. The first kappa shape index (κ1) is 29.1. The van der Waals surface area contributed by atoms with Crippen molar-refractivity contribution in [3.8, 4) is 5.75 Å². The molecule has 2 aliphatic rings. The first-order valence-electron chi connectivity index (χ1n) is 12.3. The molecule has 3 aromatic rings. The Hall–Kier alpha value is -3.88. The number of ether oxygens (including phenoxy) is 1. The predicted octanol–water partition coefficient (Wildman–Crippen LogP) is 4.71. The van der Waals surface area contributed by atoms with E-state index in [1.165, 1.54) is 12.1 Å². The number of carbonyl (C=O) groups excluding carboxylic acids is 1. The van der Waals surface area contributed by atoms with Gasteiger partial charge in [0, 0.05) is 36.8 Å². The molecule has 0 bridgehead atoms. The molecule has 0 spiro atoms. The van der Waals surface area contributed by atoms with Crippen molar-refractivity contribution < 1.29 is 45.8 Å². The van der Waals surface area contributed by atoms with Gasteiger partial charge in [-0.05, 0) is 67.5 Å². The van der Waals surface area contributed by atoms with Gasteiger partial charge in [0.2, 0.25) is 0 Å². The molecule has 0 unspecified atom stereocenters. The lowest BCUT2D eigenvalue weighted by Crippen LogP contribution is -2.38. The normalized spacial score (nSPS) is 19.9. The zero-order valence-corrected chi connectivity index (χ0v) is 20.8. The summed E-state index contributed by atoms with van der Waals surface area (Å²) >= 11 is 0. The Morgan fingerprint density at radius 1 is 1.00 bits per heavy atom. The highest BCUT2D eigenvalue weighted by atomic mass is 19.4.